The van der Waals surface area contributed by atoms with Gasteiger partial charge in [0.1, 0.15) is 0 Å². The molecule has 15 heavy (non-hydrogen) atoms. The molecule has 0 bridgehead atoms. The highest BCUT2D eigenvalue weighted by Gasteiger charge is 2.18. The first-order chi connectivity index (χ1) is 7.06. The first kappa shape index (κ1) is 11.0. The Morgan fingerprint density at radius 3 is 2.33 bits per heavy atom. The Hall–Kier alpha value is -2.05. The van der Waals surface area contributed by atoms with E-state index < -0.39 is 22.2 Å². The molecule has 6 nitrogen and oxygen atoms in total. The van der Waals surface area contributed by atoms with Crippen LogP contribution in [-0.2, 0) is 6.42 Å². The van der Waals surface area contributed by atoms with Crippen molar-refractivity contribution in [2.75, 3.05) is 6.67 Å². The molecule has 0 atom stereocenters. The Morgan fingerprint density at radius 2 is 1.87 bits per heavy atom. The topological polar surface area (TPSA) is 86.3 Å². The van der Waals surface area contributed by atoms with Crippen LogP contribution in [0.4, 0.5) is 15.8 Å². The standard InChI is InChI=1S/C8H7FN2O4/c9-4-3-6-1-2-7(10(12)13)5-8(6)11(14)15/h1-2,5H,3-4H2. The molecular formula is C8H7FN2O4. The molecule has 0 aliphatic carbocycles. The zero-order valence-electron chi connectivity index (χ0n) is 7.55. The summed E-state index contributed by atoms with van der Waals surface area (Å²) in [5.41, 5.74) is -0.626. The molecule has 0 unspecified atom stereocenters. The Bertz CT molecular complexity index is 408. The van der Waals surface area contributed by atoms with E-state index in [2.05, 4.69) is 0 Å². The second-order valence-corrected chi connectivity index (χ2v) is 2.77. The number of nitro benzene ring substituents is 2. The number of hydrogen-bond donors (Lipinski definition) is 0. The number of non-ortho nitro benzene ring substituents is 1. The molecule has 0 aliphatic heterocycles. The van der Waals surface area contributed by atoms with Gasteiger partial charge in [0.15, 0.2) is 0 Å². The van der Waals surface area contributed by atoms with Crippen molar-refractivity contribution in [3.8, 4) is 0 Å². The Kier molecular flexibility index (Phi) is 3.27. The lowest BCUT2D eigenvalue weighted by Gasteiger charge is -1.99. The van der Waals surface area contributed by atoms with Gasteiger partial charge in [-0.1, -0.05) is 0 Å². The van der Waals surface area contributed by atoms with E-state index >= 15 is 0 Å². The van der Waals surface area contributed by atoms with Gasteiger partial charge in [-0.15, -0.1) is 0 Å². The highest BCUT2D eigenvalue weighted by Crippen LogP contribution is 2.24. The average Bonchev–Trinajstić information content (AvgIpc) is 2.18. The summed E-state index contributed by atoms with van der Waals surface area (Å²) < 4.78 is 12.0. The number of benzene rings is 1. The highest BCUT2D eigenvalue weighted by atomic mass is 19.1. The fourth-order valence-corrected chi connectivity index (χ4v) is 1.15. The van der Waals surface area contributed by atoms with E-state index in [0.717, 1.165) is 12.1 Å². The summed E-state index contributed by atoms with van der Waals surface area (Å²) >= 11 is 0. The normalized spacial score (nSPS) is 9.93. The van der Waals surface area contributed by atoms with Gasteiger partial charge in [0, 0.05) is 18.1 Å². The van der Waals surface area contributed by atoms with Crippen LogP contribution < -0.4 is 0 Å². The van der Waals surface area contributed by atoms with Crippen molar-refractivity contribution in [1.82, 2.24) is 0 Å². The summed E-state index contributed by atoms with van der Waals surface area (Å²) in [6.45, 7) is -0.737. The predicted octanol–water partition coefficient (Wildman–Crippen LogP) is 2.01. The first-order valence-corrected chi connectivity index (χ1v) is 4.04. The molecule has 1 aromatic carbocycles. The monoisotopic (exact) mass is 214 g/mol. The van der Waals surface area contributed by atoms with Crippen molar-refractivity contribution in [3.05, 3.63) is 44.0 Å². The molecule has 7 heteroatoms. The van der Waals surface area contributed by atoms with Crippen molar-refractivity contribution in [1.29, 1.82) is 0 Å². The molecule has 1 aromatic rings. The minimum absolute atomic E-state index is 0.117. The molecule has 0 radical (unpaired) electrons. The van der Waals surface area contributed by atoms with Crippen LogP contribution in [0.25, 0.3) is 0 Å². The number of rotatable bonds is 4. The van der Waals surface area contributed by atoms with Crippen molar-refractivity contribution in [2.45, 2.75) is 6.42 Å². The maximum Gasteiger partial charge on any atom is 0.279 e. The van der Waals surface area contributed by atoms with Gasteiger partial charge < -0.3 is 0 Å². The third-order valence-corrected chi connectivity index (χ3v) is 1.84. The summed E-state index contributed by atoms with van der Waals surface area (Å²) in [5.74, 6) is 0. The lowest BCUT2D eigenvalue weighted by Crippen LogP contribution is -1.98. The van der Waals surface area contributed by atoms with E-state index in [-0.39, 0.29) is 17.7 Å². The molecule has 0 aromatic heterocycles. The van der Waals surface area contributed by atoms with Gasteiger partial charge in [0.25, 0.3) is 11.4 Å². The summed E-state index contributed by atoms with van der Waals surface area (Å²) in [5, 5.41) is 20.9. The molecule has 0 saturated carbocycles. The van der Waals surface area contributed by atoms with Crippen LogP contribution >= 0.6 is 0 Å². The van der Waals surface area contributed by atoms with E-state index in [1.807, 2.05) is 0 Å². The van der Waals surface area contributed by atoms with Gasteiger partial charge in [0.2, 0.25) is 0 Å². The Balaban J connectivity index is 3.20. The maximum atomic E-state index is 12.0. The highest BCUT2D eigenvalue weighted by molar-refractivity contribution is 5.49. The second kappa shape index (κ2) is 4.45. The predicted molar refractivity (Wildman–Crippen MR) is 49.4 cm³/mol. The van der Waals surface area contributed by atoms with Gasteiger partial charge in [-0.05, 0) is 6.07 Å². The number of hydrogen-bond acceptors (Lipinski definition) is 4. The molecule has 1 rings (SSSR count). The lowest BCUT2D eigenvalue weighted by atomic mass is 10.1. The summed E-state index contributed by atoms with van der Waals surface area (Å²) in [6.07, 6.45) is -0.117. The van der Waals surface area contributed by atoms with Crippen LogP contribution in [0.3, 0.4) is 0 Å². The SMILES string of the molecule is O=[N+]([O-])c1ccc(CCF)c([N+](=O)[O-])c1. The van der Waals surface area contributed by atoms with Crippen molar-refractivity contribution >= 4 is 11.4 Å². The number of aryl methyl sites for hydroxylation is 1. The van der Waals surface area contributed by atoms with Gasteiger partial charge >= 0.3 is 0 Å². The van der Waals surface area contributed by atoms with Crippen LogP contribution in [0.15, 0.2) is 18.2 Å². The Morgan fingerprint density at radius 1 is 1.20 bits per heavy atom. The second-order valence-electron chi connectivity index (χ2n) is 2.77. The van der Waals surface area contributed by atoms with E-state index in [9.17, 15) is 24.6 Å². The molecule has 0 amide bonds. The molecular weight excluding hydrogens is 207 g/mol. The third-order valence-electron chi connectivity index (χ3n) is 1.84. The van der Waals surface area contributed by atoms with Crippen LogP contribution in [0.5, 0.6) is 0 Å². The summed E-state index contributed by atoms with van der Waals surface area (Å²) in [6, 6.07) is 3.17. The minimum Gasteiger partial charge on any atom is -0.258 e. The average molecular weight is 214 g/mol. The Labute approximate surface area is 83.6 Å². The largest absolute Gasteiger partial charge is 0.279 e. The van der Waals surface area contributed by atoms with Crippen LogP contribution in [0.2, 0.25) is 0 Å². The van der Waals surface area contributed by atoms with Crippen LogP contribution in [-0.4, -0.2) is 16.5 Å². The smallest absolute Gasteiger partial charge is 0.258 e. The van der Waals surface area contributed by atoms with Crippen molar-refractivity contribution in [2.24, 2.45) is 0 Å². The molecule has 0 aliphatic rings. The van der Waals surface area contributed by atoms with E-state index in [1.165, 1.54) is 6.07 Å². The van der Waals surface area contributed by atoms with Crippen molar-refractivity contribution in [3.63, 3.8) is 0 Å². The van der Waals surface area contributed by atoms with Gasteiger partial charge in [0.05, 0.1) is 22.6 Å². The van der Waals surface area contributed by atoms with Crippen LogP contribution in [0.1, 0.15) is 5.56 Å². The summed E-state index contributed by atoms with van der Waals surface area (Å²) in [7, 11) is 0. The zero-order valence-corrected chi connectivity index (χ0v) is 7.55. The quantitative estimate of drug-likeness (QED) is 0.566. The fraction of sp³-hybridized carbons (Fsp3) is 0.250. The molecule has 0 N–H and O–H groups in total. The van der Waals surface area contributed by atoms with Crippen molar-refractivity contribution < 1.29 is 14.2 Å². The number of alkyl halides is 1. The molecule has 0 fully saturated rings. The van der Waals surface area contributed by atoms with Gasteiger partial charge in [-0.3, -0.25) is 24.6 Å². The van der Waals surface area contributed by atoms with Crippen LogP contribution in [0, 0.1) is 20.2 Å². The van der Waals surface area contributed by atoms with Gasteiger partial charge in [-0.2, -0.15) is 0 Å². The first-order valence-electron chi connectivity index (χ1n) is 4.04. The number of nitrogens with zero attached hydrogens (tertiary/aromatic N) is 2. The van der Waals surface area contributed by atoms with E-state index in [4.69, 9.17) is 0 Å². The zero-order chi connectivity index (χ0) is 11.4. The molecule has 0 saturated heterocycles. The maximum absolute atomic E-state index is 12.0. The lowest BCUT2D eigenvalue weighted by molar-refractivity contribution is -0.394. The minimum atomic E-state index is -0.752. The number of nitro groups is 2. The molecule has 0 heterocycles. The summed E-state index contributed by atoms with van der Waals surface area (Å²) in [4.78, 5) is 19.4. The van der Waals surface area contributed by atoms with E-state index in [1.54, 1.807) is 0 Å². The third kappa shape index (κ3) is 2.46. The molecule has 0 spiro atoms. The number of halogens is 1. The van der Waals surface area contributed by atoms with E-state index in [0.29, 0.717) is 0 Å². The fourth-order valence-electron chi connectivity index (χ4n) is 1.15. The molecule has 80 valence electrons. The van der Waals surface area contributed by atoms with Gasteiger partial charge in [-0.25, -0.2) is 0 Å².